The van der Waals surface area contributed by atoms with E-state index in [1.54, 1.807) is 0 Å². The SMILES string of the molecule is CCCNC(=O)C1CCCN(C(=O)C2(N)CCCCC2)C1. The molecule has 2 rings (SSSR count). The summed E-state index contributed by atoms with van der Waals surface area (Å²) in [5.74, 6) is 0.0840. The van der Waals surface area contributed by atoms with Gasteiger partial charge in [-0.05, 0) is 32.1 Å². The van der Waals surface area contributed by atoms with Crippen LogP contribution in [0.25, 0.3) is 0 Å². The summed E-state index contributed by atoms with van der Waals surface area (Å²) in [4.78, 5) is 26.7. The van der Waals surface area contributed by atoms with Crippen molar-refractivity contribution in [2.45, 2.75) is 63.8 Å². The topological polar surface area (TPSA) is 75.4 Å². The number of likely N-dealkylation sites (tertiary alicyclic amines) is 1. The number of nitrogens with one attached hydrogen (secondary N) is 1. The molecule has 2 fully saturated rings. The fraction of sp³-hybridized carbons (Fsp3) is 0.875. The molecule has 1 aliphatic carbocycles. The van der Waals surface area contributed by atoms with Crippen LogP contribution in [-0.4, -0.2) is 41.9 Å². The molecule has 1 aliphatic heterocycles. The molecule has 120 valence electrons. The van der Waals surface area contributed by atoms with Crippen LogP contribution in [0.15, 0.2) is 0 Å². The maximum atomic E-state index is 12.7. The molecular weight excluding hydrogens is 266 g/mol. The molecule has 21 heavy (non-hydrogen) atoms. The third-order valence-corrected chi connectivity index (χ3v) is 4.80. The molecule has 5 heteroatoms. The second-order valence-corrected chi connectivity index (χ2v) is 6.60. The predicted molar refractivity (Wildman–Crippen MR) is 82.6 cm³/mol. The zero-order valence-electron chi connectivity index (χ0n) is 13.2. The largest absolute Gasteiger partial charge is 0.356 e. The first-order chi connectivity index (χ1) is 10.1. The molecule has 0 aromatic carbocycles. The highest BCUT2D eigenvalue weighted by atomic mass is 16.2. The van der Waals surface area contributed by atoms with Crippen LogP contribution in [0, 0.1) is 5.92 Å². The lowest BCUT2D eigenvalue weighted by atomic mass is 9.81. The average molecular weight is 295 g/mol. The molecule has 1 atom stereocenters. The number of piperidine rings is 1. The Labute approximate surface area is 127 Å². The van der Waals surface area contributed by atoms with Crippen molar-refractivity contribution < 1.29 is 9.59 Å². The summed E-state index contributed by atoms with van der Waals surface area (Å²) < 4.78 is 0. The van der Waals surface area contributed by atoms with Crippen LogP contribution in [0.1, 0.15) is 58.3 Å². The van der Waals surface area contributed by atoms with Gasteiger partial charge in [0.25, 0.3) is 0 Å². The van der Waals surface area contributed by atoms with E-state index < -0.39 is 5.54 Å². The highest BCUT2D eigenvalue weighted by Gasteiger charge is 2.40. The van der Waals surface area contributed by atoms with Gasteiger partial charge in [-0.25, -0.2) is 0 Å². The van der Waals surface area contributed by atoms with Gasteiger partial charge in [0.2, 0.25) is 11.8 Å². The number of carbonyl (C=O) groups excluding carboxylic acids is 2. The Kier molecular flexibility index (Phi) is 5.62. The molecule has 2 aliphatic rings. The van der Waals surface area contributed by atoms with Crippen LogP contribution in [0.2, 0.25) is 0 Å². The van der Waals surface area contributed by atoms with E-state index >= 15 is 0 Å². The molecular formula is C16H29N3O2. The van der Waals surface area contributed by atoms with Gasteiger partial charge in [-0.3, -0.25) is 9.59 Å². The normalized spacial score (nSPS) is 25.4. The van der Waals surface area contributed by atoms with Crippen molar-refractivity contribution >= 4 is 11.8 Å². The van der Waals surface area contributed by atoms with Crippen molar-refractivity contribution in [1.82, 2.24) is 10.2 Å². The number of amides is 2. The molecule has 1 unspecified atom stereocenters. The lowest BCUT2D eigenvalue weighted by Gasteiger charge is -2.40. The Balaban J connectivity index is 1.93. The first-order valence-electron chi connectivity index (χ1n) is 8.43. The van der Waals surface area contributed by atoms with Crippen LogP contribution in [-0.2, 0) is 9.59 Å². The van der Waals surface area contributed by atoms with E-state index in [4.69, 9.17) is 5.73 Å². The Bertz CT molecular complexity index is 378. The molecule has 0 aromatic rings. The number of rotatable bonds is 4. The number of carbonyl (C=O) groups is 2. The summed E-state index contributed by atoms with van der Waals surface area (Å²) in [5, 5.41) is 2.94. The minimum absolute atomic E-state index is 0.0650. The smallest absolute Gasteiger partial charge is 0.242 e. The first kappa shape index (κ1) is 16.3. The standard InChI is InChI=1S/C16H29N3O2/c1-2-10-18-14(20)13-7-6-11-19(12-13)15(21)16(17)8-4-3-5-9-16/h13H,2-12,17H2,1H3,(H,18,20). The van der Waals surface area contributed by atoms with Crippen molar-refractivity contribution in [2.24, 2.45) is 11.7 Å². The van der Waals surface area contributed by atoms with Crippen molar-refractivity contribution in [1.29, 1.82) is 0 Å². The van der Waals surface area contributed by atoms with Crippen molar-refractivity contribution in [2.75, 3.05) is 19.6 Å². The van der Waals surface area contributed by atoms with Crippen LogP contribution < -0.4 is 11.1 Å². The lowest BCUT2D eigenvalue weighted by molar-refractivity contribution is -0.141. The Morgan fingerprint density at radius 1 is 1.24 bits per heavy atom. The van der Waals surface area contributed by atoms with E-state index in [9.17, 15) is 9.59 Å². The third-order valence-electron chi connectivity index (χ3n) is 4.80. The summed E-state index contributed by atoms with van der Waals surface area (Å²) in [6.07, 6.45) is 7.53. The van der Waals surface area contributed by atoms with Crippen LogP contribution >= 0.6 is 0 Å². The predicted octanol–water partition coefficient (Wildman–Crippen LogP) is 1.41. The quantitative estimate of drug-likeness (QED) is 0.823. The van der Waals surface area contributed by atoms with Gasteiger partial charge in [0.1, 0.15) is 0 Å². The van der Waals surface area contributed by atoms with Gasteiger partial charge in [-0.1, -0.05) is 26.2 Å². The number of hydrogen-bond donors (Lipinski definition) is 2. The Morgan fingerprint density at radius 3 is 2.62 bits per heavy atom. The molecule has 1 heterocycles. The van der Waals surface area contributed by atoms with E-state index in [-0.39, 0.29) is 17.7 Å². The molecule has 3 N–H and O–H groups in total. The van der Waals surface area contributed by atoms with Gasteiger partial charge >= 0.3 is 0 Å². The summed E-state index contributed by atoms with van der Waals surface area (Å²) in [6.45, 7) is 4.03. The first-order valence-corrected chi connectivity index (χ1v) is 8.43. The van der Waals surface area contributed by atoms with Crippen LogP contribution in [0.3, 0.4) is 0 Å². The summed E-state index contributed by atoms with van der Waals surface area (Å²) in [6, 6.07) is 0. The average Bonchev–Trinajstić information content (AvgIpc) is 2.52. The number of nitrogens with zero attached hydrogens (tertiary/aromatic N) is 1. The summed E-state index contributed by atoms with van der Waals surface area (Å²) in [5.41, 5.74) is 5.66. The molecule has 0 bridgehead atoms. The fourth-order valence-electron chi connectivity index (χ4n) is 3.48. The fourth-order valence-corrected chi connectivity index (χ4v) is 3.48. The van der Waals surface area contributed by atoms with E-state index in [1.165, 1.54) is 6.42 Å². The van der Waals surface area contributed by atoms with E-state index in [2.05, 4.69) is 5.32 Å². The zero-order valence-corrected chi connectivity index (χ0v) is 13.2. The van der Waals surface area contributed by atoms with Crippen LogP contribution in [0.4, 0.5) is 0 Å². The molecule has 0 aromatic heterocycles. The maximum Gasteiger partial charge on any atom is 0.242 e. The molecule has 1 saturated carbocycles. The minimum atomic E-state index is -0.681. The van der Waals surface area contributed by atoms with Gasteiger partial charge in [-0.2, -0.15) is 0 Å². The van der Waals surface area contributed by atoms with Crippen molar-refractivity contribution in [3.05, 3.63) is 0 Å². The highest BCUT2D eigenvalue weighted by molar-refractivity contribution is 5.87. The second kappa shape index (κ2) is 7.25. The third kappa shape index (κ3) is 3.96. The van der Waals surface area contributed by atoms with E-state index in [0.717, 1.165) is 51.5 Å². The summed E-state index contributed by atoms with van der Waals surface area (Å²) >= 11 is 0. The monoisotopic (exact) mass is 295 g/mol. The van der Waals surface area contributed by atoms with E-state index in [0.29, 0.717) is 13.1 Å². The van der Waals surface area contributed by atoms with Gasteiger partial charge in [0.05, 0.1) is 11.5 Å². The molecule has 1 saturated heterocycles. The van der Waals surface area contributed by atoms with Gasteiger partial charge < -0.3 is 16.0 Å². The van der Waals surface area contributed by atoms with Gasteiger partial charge in [0, 0.05) is 19.6 Å². The van der Waals surface area contributed by atoms with Crippen molar-refractivity contribution in [3.8, 4) is 0 Å². The molecule has 5 nitrogen and oxygen atoms in total. The van der Waals surface area contributed by atoms with Crippen LogP contribution in [0.5, 0.6) is 0 Å². The number of nitrogens with two attached hydrogens (primary N) is 1. The lowest BCUT2D eigenvalue weighted by Crippen LogP contribution is -2.58. The minimum Gasteiger partial charge on any atom is -0.356 e. The number of hydrogen-bond acceptors (Lipinski definition) is 3. The maximum absolute atomic E-state index is 12.7. The Hall–Kier alpha value is -1.10. The van der Waals surface area contributed by atoms with Gasteiger partial charge in [-0.15, -0.1) is 0 Å². The van der Waals surface area contributed by atoms with Crippen molar-refractivity contribution in [3.63, 3.8) is 0 Å². The van der Waals surface area contributed by atoms with Gasteiger partial charge in [0.15, 0.2) is 0 Å². The second-order valence-electron chi connectivity index (χ2n) is 6.60. The zero-order chi connectivity index (χ0) is 15.3. The summed E-state index contributed by atoms with van der Waals surface area (Å²) in [7, 11) is 0. The molecule has 2 amide bonds. The highest BCUT2D eigenvalue weighted by Crippen LogP contribution is 2.29. The molecule has 0 spiro atoms. The molecule has 0 radical (unpaired) electrons. The van der Waals surface area contributed by atoms with E-state index in [1.807, 2.05) is 11.8 Å². The Morgan fingerprint density at radius 2 is 1.95 bits per heavy atom.